The summed E-state index contributed by atoms with van der Waals surface area (Å²) in [5.41, 5.74) is 3.34. The van der Waals surface area contributed by atoms with Gasteiger partial charge >= 0.3 is 0 Å². The van der Waals surface area contributed by atoms with Gasteiger partial charge < -0.3 is 10.6 Å². The number of aryl methyl sites for hydroxylation is 1. The van der Waals surface area contributed by atoms with Gasteiger partial charge in [-0.2, -0.15) is 0 Å². The normalized spacial score (nSPS) is 13.1. The molecule has 1 aromatic carbocycles. The van der Waals surface area contributed by atoms with E-state index in [-0.39, 0.29) is 17.7 Å². The molecule has 0 spiro atoms. The number of carbonyl (C=O) groups excluding carboxylic acids is 2. The van der Waals surface area contributed by atoms with E-state index in [0.29, 0.717) is 12.1 Å². The number of carbonyl (C=O) groups is 2. The van der Waals surface area contributed by atoms with Gasteiger partial charge in [-0.3, -0.25) is 14.6 Å². The van der Waals surface area contributed by atoms with E-state index in [1.165, 1.54) is 0 Å². The SMILES string of the molecule is O=C(NCCCc1nc(-c2ccncc2)cs1)c1ccc(NC(=O)C2CC2)cc1. The van der Waals surface area contributed by atoms with E-state index >= 15 is 0 Å². The van der Waals surface area contributed by atoms with Gasteiger partial charge in [-0.25, -0.2) is 4.98 Å². The number of amides is 2. The van der Waals surface area contributed by atoms with Crippen LogP contribution in [0.5, 0.6) is 0 Å². The maximum atomic E-state index is 12.3. The molecule has 0 radical (unpaired) electrons. The van der Waals surface area contributed by atoms with Crippen molar-refractivity contribution < 1.29 is 9.59 Å². The number of hydrogen-bond donors (Lipinski definition) is 2. The predicted octanol–water partition coefficient (Wildman–Crippen LogP) is 3.92. The summed E-state index contributed by atoms with van der Waals surface area (Å²) in [5, 5.41) is 8.92. The first kappa shape index (κ1) is 19.3. The molecule has 1 fully saturated rings. The van der Waals surface area contributed by atoms with Gasteiger partial charge in [0.05, 0.1) is 10.7 Å². The molecule has 1 aliphatic carbocycles. The first-order chi connectivity index (χ1) is 14.2. The Labute approximate surface area is 173 Å². The predicted molar refractivity (Wildman–Crippen MR) is 114 cm³/mol. The summed E-state index contributed by atoms with van der Waals surface area (Å²) in [5.74, 6) is 0.120. The van der Waals surface area contributed by atoms with E-state index in [2.05, 4.69) is 20.6 Å². The minimum Gasteiger partial charge on any atom is -0.352 e. The van der Waals surface area contributed by atoms with Crippen LogP contribution in [-0.4, -0.2) is 28.3 Å². The molecule has 0 atom stereocenters. The van der Waals surface area contributed by atoms with Crippen LogP contribution < -0.4 is 10.6 Å². The van der Waals surface area contributed by atoms with E-state index in [9.17, 15) is 9.59 Å². The van der Waals surface area contributed by atoms with Crippen molar-refractivity contribution >= 4 is 28.8 Å². The van der Waals surface area contributed by atoms with Crippen LogP contribution in [0.1, 0.15) is 34.6 Å². The molecule has 4 rings (SSSR count). The second-order valence-electron chi connectivity index (χ2n) is 7.06. The van der Waals surface area contributed by atoms with E-state index in [4.69, 9.17) is 0 Å². The van der Waals surface area contributed by atoms with E-state index in [1.807, 2.05) is 17.5 Å². The Bertz CT molecular complexity index is 982. The highest BCUT2D eigenvalue weighted by Crippen LogP contribution is 2.30. The highest BCUT2D eigenvalue weighted by Gasteiger charge is 2.29. The molecule has 6 nitrogen and oxygen atoms in total. The average molecular weight is 407 g/mol. The van der Waals surface area contributed by atoms with Gasteiger partial charge in [0, 0.05) is 53.5 Å². The van der Waals surface area contributed by atoms with Crippen molar-refractivity contribution in [2.75, 3.05) is 11.9 Å². The molecule has 1 aliphatic rings. The molecule has 0 bridgehead atoms. The largest absolute Gasteiger partial charge is 0.352 e. The average Bonchev–Trinajstić information content (AvgIpc) is 3.51. The third-order valence-electron chi connectivity index (χ3n) is 4.74. The zero-order chi connectivity index (χ0) is 20.1. The highest BCUT2D eigenvalue weighted by atomic mass is 32.1. The lowest BCUT2D eigenvalue weighted by Crippen LogP contribution is -2.24. The maximum absolute atomic E-state index is 12.3. The highest BCUT2D eigenvalue weighted by molar-refractivity contribution is 7.09. The van der Waals surface area contributed by atoms with Crippen LogP contribution in [0.25, 0.3) is 11.3 Å². The molecular weight excluding hydrogens is 384 g/mol. The number of anilines is 1. The molecule has 7 heteroatoms. The van der Waals surface area contributed by atoms with Crippen LogP contribution in [0.3, 0.4) is 0 Å². The van der Waals surface area contributed by atoms with Crippen molar-refractivity contribution in [1.29, 1.82) is 0 Å². The minimum atomic E-state index is -0.110. The Kier molecular flexibility index (Phi) is 5.95. The van der Waals surface area contributed by atoms with Gasteiger partial charge in [0.25, 0.3) is 5.91 Å². The van der Waals surface area contributed by atoms with Crippen molar-refractivity contribution in [3.8, 4) is 11.3 Å². The van der Waals surface area contributed by atoms with E-state index < -0.39 is 0 Å². The lowest BCUT2D eigenvalue weighted by atomic mass is 10.2. The summed E-state index contributed by atoms with van der Waals surface area (Å²) < 4.78 is 0. The number of pyridine rings is 1. The van der Waals surface area contributed by atoms with Gasteiger partial charge in [-0.05, 0) is 55.7 Å². The summed E-state index contributed by atoms with van der Waals surface area (Å²) >= 11 is 1.63. The van der Waals surface area contributed by atoms with Gasteiger partial charge in [-0.15, -0.1) is 11.3 Å². The van der Waals surface area contributed by atoms with Crippen LogP contribution in [0, 0.1) is 5.92 Å². The molecule has 2 amide bonds. The Balaban J connectivity index is 1.21. The second-order valence-corrected chi connectivity index (χ2v) is 8.01. The van der Waals surface area contributed by atoms with Crippen LogP contribution >= 0.6 is 11.3 Å². The Hall–Kier alpha value is -3.06. The van der Waals surface area contributed by atoms with E-state index in [1.54, 1.807) is 48.0 Å². The summed E-state index contributed by atoms with van der Waals surface area (Å²) in [7, 11) is 0. The molecule has 2 heterocycles. The maximum Gasteiger partial charge on any atom is 0.251 e. The zero-order valence-corrected chi connectivity index (χ0v) is 16.7. The smallest absolute Gasteiger partial charge is 0.251 e. The number of nitrogens with one attached hydrogen (secondary N) is 2. The summed E-state index contributed by atoms with van der Waals surface area (Å²) in [4.78, 5) is 32.7. The fourth-order valence-corrected chi connectivity index (χ4v) is 3.77. The van der Waals surface area contributed by atoms with Crippen molar-refractivity contribution in [2.45, 2.75) is 25.7 Å². The van der Waals surface area contributed by atoms with Crippen LogP contribution in [-0.2, 0) is 11.2 Å². The number of aromatic nitrogens is 2. The van der Waals surface area contributed by atoms with Crippen LogP contribution in [0.2, 0.25) is 0 Å². The summed E-state index contributed by atoms with van der Waals surface area (Å²) in [6.07, 6.45) is 7.11. The third-order valence-corrected chi connectivity index (χ3v) is 5.65. The lowest BCUT2D eigenvalue weighted by Gasteiger charge is -2.07. The minimum absolute atomic E-state index is 0.0662. The van der Waals surface area contributed by atoms with Crippen LogP contribution in [0.15, 0.2) is 54.2 Å². The quantitative estimate of drug-likeness (QED) is 0.556. The molecule has 1 saturated carbocycles. The Morgan fingerprint density at radius 3 is 2.55 bits per heavy atom. The Morgan fingerprint density at radius 2 is 1.83 bits per heavy atom. The second kappa shape index (κ2) is 8.96. The molecular formula is C22H22N4O2S. The fourth-order valence-electron chi connectivity index (χ4n) is 2.92. The van der Waals surface area contributed by atoms with Gasteiger partial charge in [0.1, 0.15) is 0 Å². The first-order valence-corrected chi connectivity index (χ1v) is 10.6. The molecule has 148 valence electrons. The van der Waals surface area contributed by atoms with Crippen molar-refractivity contribution in [3.63, 3.8) is 0 Å². The molecule has 3 aromatic rings. The molecule has 0 aliphatic heterocycles. The van der Waals surface area contributed by atoms with Crippen LogP contribution in [0.4, 0.5) is 5.69 Å². The van der Waals surface area contributed by atoms with Gasteiger partial charge in [0.2, 0.25) is 5.91 Å². The molecule has 2 N–H and O–H groups in total. The van der Waals surface area contributed by atoms with Gasteiger partial charge in [0.15, 0.2) is 0 Å². The molecule has 0 unspecified atom stereocenters. The lowest BCUT2D eigenvalue weighted by molar-refractivity contribution is -0.117. The number of nitrogens with zero attached hydrogens (tertiary/aromatic N) is 2. The molecule has 29 heavy (non-hydrogen) atoms. The van der Waals surface area contributed by atoms with Gasteiger partial charge in [-0.1, -0.05) is 0 Å². The standard InChI is InChI=1S/C22H22N4O2S/c27-21(16-5-7-18(8-6-16)25-22(28)17-3-4-17)24-11-1-2-20-26-19(14-29-20)15-9-12-23-13-10-15/h5-10,12-14,17H,1-4,11H2,(H,24,27)(H,25,28). The molecule has 0 saturated heterocycles. The summed E-state index contributed by atoms with van der Waals surface area (Å²) in [6.45, 7) is 0.586. The number of hydrogen-bond acceptors (Lipinski definition) is 5. The molecule has 2 aromatic heterocycles. The monoisotopic (exact) mass is 406 g/mol. The Morgan fingerprint density at radius 1 is 1.07 bits per heavy atom. The summed E-state index contributed by atoms with van der Waals surface area (Å²) in [6, 6.07) is 10.9. The number of thiazole rings is 1. The van der Waals surface area contributed by atoms with Crippen molar-refractivity contribution in [1.82, 2.24) is 15.3 Å². The number of rotatable bonds is 8. The fraction of sp³-hybridized carbons (Fsp3) is 0.273. The first-order valence-electron chi connectivity index (χ1n) is 9.73. The third kappa shape index (κ3) is 5.26. The van der Waals surface area contributed by atoms with Crippen molar-refractivity contribution in [2.24, 2.45) is 5.92 Å². The number of benzene rings is 1. The van der Waals surface area contributed by atoms with Crippen molar-refractivity contribution in [3.05, 3.63) is 64.7 Å². The van der Waals surface area contributed by atoms with E-state index in [0.717, 1.165) is 47.6 Å². The topological polar surface area (TPSA) is 84.0 Å². The zero-order valence-electron chi connectivity index (χ0n) is 15.9.